The van der Waals surface area contributed by atoms with Crippen LogP contribution in [0.4, 0.5) is 5.69 Å². The first-order valence-corrected chi connectivity index (χ1v) is 6.72. The number of carbonyl (C=O) groups is 1. The monoisotopic (exact) mass is 258 g/mol. The molecule has 2 radical (unpaired) electrons. The molecule has 4 nitrogen and oxygen atoms in total. The molecule has 0 bridgehead atoms. The van der Waals surface area contributed by atoms with Gasteiger partial charge in [-0.1, -0.05) is 0 Å². The number of benzene rings is 1. The zero-order valence-corrected chi connectivity index (χ0v) is 11.3. The molecule has 19 heavy (non-hydrogen) atoms. The third kappa shape index (κ3) is 3.99. The third-order valence-corrected chi connectivity index (χ3v) is 3.30. The van der Waals surface area contributed by atoms with Gasteiger partial charge in [0.05, 0.1) is 12.2 Å². The molecule has 0 amide bonds. The minimum atomic E-state index is -0.273. The summed E-state index contributed by atoms with van der Waals surface area (Å²) in [5, 5.41) is 3.47. The topological polar surface area (TPSA) is 41.6 Å². The van der Waals surface area contributed by atoms with Crippen LogP contribution in [0.25, 0.3) is 0 Å². The van der Waals surface area contributed by atoms with Gasteiger partial charge >= 0.3 is 5.97 Å². The summed E-state index contributed by atoms with van der Waals surface area (Å²) in [6, 6.07) is 7.87. The fraction of sp³-hybridized carbons (Fsp3) is 0.500. The number of nitrogens with one attached hydrogen (secondary N) is 1. The SMILES string of the molecule is [B]N1CCC(Nc2ccc(C(=O)OCC)cc2)CC1. The van der Waals surface area contributed by atoms with Gasteiger partial charge in [0.15, 0.2) is 7.98 Å². The van der Waals surface area contributed by atoms with E-state index in [0.29, 0.717) is 18.2 Å². The van der Waals surface area contributed by atoms with Gasteiger partial charge in [0.25, 0.3) is 0 Å². The summed E-state index contributed by atoms with van der Waals surface area (Å²) in [5.41, 5.74) is 1.62. The smallest absolute Gasteiger partial charge is 0.338 e. The Balaban J connectivity index is 1.90. The molecule has 0 atom stereocenters. The molecule has 2 rings (SSSR count). The van der Waals surface area contributed by atoms with Crippen LogP contribution in [0.3, 0.4) is 0 Å². The molecule has 1 fully saturated rings. The van der Waals surface area contributed by atoms with Crippen LogP contribution in [0.15, 0.2) is 24.3 Å². The van der Waals surface area contributed by atoms with Crippen molar-refractivity contribution in [2.45, 2.75) is 25.8 Å². The van der Waals surface area contributed by atoms with E-state index >= 15 is 0 Å². The van der Waals surface area contributed by atoms with Gasteiger partial charge in [-0.15, -0.1) is 0 Å². The van der Waals surface area contributed by atoms with Crippen molar-refractivity contribution in [1.82, 2.24) is 4.81 Å². The van der Waals surface area contributed by atoms with Crippen LogP contribution in [-0.4, -0.2) is 44.5 Å². The number of piperidine rings is 1. The Hall–Kier alpha value is -1.49. The molecule has 0 spiro atoms. The van der Waals surface area contributed by atoms with Crippen molar-refractivity contribution in [2.75, 3.05) is 25.0 Å². The normalized spacial score (nSPS) is 17.1. The Morgan fingerprint density at radius 3 is 2.58 bits per heavy atom. The van der Waals surface area contributed by atoms with E-state index in [1.807, 2.05) is 16.9 Å². The second-order valence-electron chi connectivity index (χ2n) is 4.75. The minimum absolute atomic E-state index is 0.273. The van der Waals surface area contributed by atoms with Gasteiger partial charge in [0, 0.05) is 11.7 Å². The van der Waals surface area contributed by atoms with Gasteiger partial charge in [0.2, 0.25) is 0 Å². The number of rotatable bonds is 4. The van der Waals surface area contributed by atoms with Crippen molar-refractivity contribution in [3.05, 3.63) is 29.8 Å². The van der Waals surface area contributed by atoms with Crippen LogP contribution in [0.5, 0.6) is 0 Å². The van der Waals surface area contributed by atoms with Crippen LogP contribution >= 0.6 is 0 Å². The average Bonchev–Trinajstić information content (AvgIpc) is 2.42. The molecule has 1 aromatic carbocycles. The molecule has 1 heterocycles. The van der Waals surface area contributed by atoms with Crippen molar-refractivity contribution in [3.63, 3.8) is 0 Å². The Morgan fingerprint density at radius 2 is 2.00 bits per heavy atom. The van der Waals surface area contributed by atoms with E-state index in [9.17, 15) is 4.79 Å². The molecule has 1 N–H and O–H groups in total. The maximum absolute atomic E-state index is 11.5. The predicted molar refractivity (Wildman–Crippen MR) is 76.4 cm³/mol. The largest absolute Gasteiger partial charge is 0.462 e. The maximum Gasteiger partial charge on any atom is 0.338 e. The lowest BCUT2D eigenvalue weighted by Gasteiger charge is -2.30. The Kier molecular flexibility index (Phi) is 4.85. The van der Waals surface area contributed by atoms with Crippen LogP contribution in [0, 0.1) is 0 Å². The van der Waals surface area contributed by atoms with E-state index in [2.05, 4.69) is 5.32 Å². The second-order valence-corrected chi connectivity index (χ2v) is 4.75. The number of hydrogen-bond acceptors (Lipinski definition) is 4. The van der Waals surface area contributed by atoms with E-state index in [1.54, 1.807) is 19.1 Å². The van der Waals surface area contributed by atoms with Gasteiger partial charge in [-0.05, 0) is 57.1 Å². The van der Waals surface area contributed by atoms with E-state index in [4.69, 9.17) is 12.7 Å². The first kappa shape index (κ1) is 13.9. The first-order chi connectivity index (χ1) is 9.19. The molecule has 1 aliphatic heterocycles. The summed E-state index contributed by atoms with van der Waals surface area (Å²) in [6.45, 7) is 4.03. The van der Waals surface area contributed by atoms with Gasteiger partial charge in [0.1, 0.15) is 0 Å². The molecule has 1 aliphatic rings. The molecular weight excluding hydrogens is 239 g/mol. The number of ether oxygens (including phenoxy) is 1. The average molecular weight is 258 g/mol. The molecule has 1 saturated heterocycles. The van der Waals surface area contributed by atoms with Crippen molar-refractivity contribution in [3.8, 4) is 0 Å². The molecule has 1 aromatic rings. The highest BCUT2D eigenvalue weighted by atomic mass is 16.5. The Morgan fingerprint density at radius 1 is 1.37 bits per heavy atom. The highest BCUT2D eigenvalue weighted by Gasteiger charge is 2.16. The van der Waals surface area contributed by atoms with E-state index < -0.39 is 0 Å². The molecule has 0 aliphatic carbocycles. The van der Waals surface area contributed by atoms with Crippen LogP contribution in [-0.2, 0) is 4.74 Å². The maximum atomic E-state index is 11.5. The van der Waals surface area contributed by atoms with Crippen molar-refractivity contribution in [2.24, 2.45) is 0 Å². The number of nitrogens with zero attached hydrogens (tertiary/aromatic N) is 1. The lowest BCUT2D eigenvalue weighted by atomic mass is 10.0. The highest BCUT2D eigenvalue weighted by molar-refractivity contribution is 6.04. The predicted octanol–water partition coefficient (Wildman–Crippen LogP) is 1.82. The highest BCUT2D eigenvalue weighted by Crippen LogP contribution is 2.16. The van der Waals surface area contributed by atoms with Crippen molar-refractivity contribution >= 4 is 19.6 Å². The summed E-state index contributed by atoms with van der Waals surface area (Å²) in [5.74, 6) is -0.273. The number of hydrogen-bond donors (Lipinski definition) is 1. The quantitative estimate of drug-likeness (QED) is 0.660. The van der Waals surface area contributed by atoms with E-state index in [1.165, 1.54) is 0 Å². The third-order valence-electron chi connectivity index (χ3n) is 3.30. The molecule has 100 valence electrons. The molecule has 0 saturated carbocycles. The molecular formula is C14H19BN2O2. The minimum Gasteiger partial charge on any atom is -0.462 e. The standard InChI is InChI=1S/C14H19BN2O2/c1-2-19-14(18)11-3-5-12(6-4-11)16-13-7-9-17(15)10-8-13/h3-6,13,16H,2,7-10H2,1H3. The van der Waals surface area contributed by atoms with Crippen LogP contribution < -0.4 is 5.32 Å². The summed E-state index contributed by atoms with van der Waals surface area (Å²) >= 11 is 0. The van der Waals surface area contributed by atoms with E-state index in [-0.39, 0.29) is 5.97 Å². The van der Waals surface area contributed by atoms with E-state index in [0.717, 1.165) is 31.6 Å². The van der Waals surface area contributed by atoms with Crippen LogP contribution in [0.1, 0.15) is 30.1 Å². The summed E-state index contributed by atoms with van der Waals surface area (Å²) < 4.78 is 4.95. The number of esters is 1. The summed E-state index contributed by atoms with van der Waals surface area (Å²) in [4.78, 5) is 13.4. The van der Waals surface area contributed by atoms with Crippen molar-refractivity contribution in [1.29, 1.82) is 0 Å². The zero-order valence-electron chi connectivity index (χ0n) is 11.3. The van der Waals surface area contributed by atoms with Crippen molar-refractivity contribution < 1.29 is 9.53 Å². The number of carbonyl (C=O) groups excluding carboxylic acids is 1. The fourth-order valence-electron chi connectivity index (χ4n) is 2.20. The van der Waals surface area contributed by atoms with Gasteiger partial charge in [-0.3, -0.25) is 0 Å². The lowest BCUT2D eigenvalue weighted by Crippen LogP contribution is -2.37. The molecule has 5 heteroatoms. The number of anilines is 1. The van der Waals surface area contributed by atoms with Gasteiger partial charge in [-0.2, -0.15) is 0 Å². The van der Waals surface area contributed by atoms with Gasteiger partial charge < -0.3 is 14.9 Å². The second kappa shape index (κ2) is 6.61. The van der Waals surface area contributed by atoms with Crippen LogP contribution in [0.2, 0.25) is 0 Å². The van der Waals surface area contributed by atoms with Gasteiger partial charge in [-0.25, -0.2) is 4.79 Å². The summed E-state index contributed by atoms with van der Waals surface area (Å²) in [6.07, 6.45) is 2.08. The Labute approximate surface area is 115 Å². The zero-order chi connectivity index (χ0) is 13.7. The first-order valence-electron chi connectivity index (χ1n) is 6.72. The lowest BCUT2D eigenvalue weighted by molar-refractivity contribution is 0.0526. The molecule has 0 unspecified atom stereocenters. The summed E-state index contributed by atoms with van der Waals surface area (Å²) in [7, 11) is 5.73. The fourth-order valence-corrected chi connectivity index (χ4v) is 2.20. The molecule has 0 aromatic heterocycles. The Bertz CT molecular complexity index is 414.